The molecule has 0 amide bonds. The van der Waals surface area contributed by atoms with Crippen LogP contribution in [-0.4, -0.2) is 36.6 Å². The van der Waals surface area contributed by atoms with E-state index in [0.29, 0.717) is 18.5 Å². The van der Waals surface area contributed by atoms with Gasteiger partial charge in [0.1, 0.15) is 0 Å². The molecule has 3 heteroatoms. The number of piperidine rings is 1. The molecule has 0 bridgehead atoms. The van der Waals surface area contributed by atoms with Gasteiger partial charge in [-0.05, 0) is 52.6 Å². The molecule has 0 aromatic rings. The molecular weight excluding hydrogens is 198 g/mol. The minimum Gasteiger partial charge on any atom is -0.317 e. The molecule has 1 aliphatic heterocycles. The van der Waals surface area contributed by atoms with E-state index < -0.39 is 0 Å². The van der Waals surface area contributed by atoms with Crippen molar-refractivity contribution in [3.05, 3.63) is 0 Å². The molecule has 16 heavy (non-hydrogen) atoms. The molecule has 1 heterocycles. The fraction of sp³-hybridized carbons (Fsp3) is 0.923. The van der Waals surface area contributed by atoms with E-state index in [1.54, 1.807) is 0 Å². The SMILES string of the molecule is CC(C)N(CC1CCNCC1)C(C)CC#N. The highest BCUT2D eigenvalue weighted by Crippen LogP contribution is 2.18. The molecule has 1 saturated heterocycles. The number of rotatable bonds is 5. The van der Waals surface area contributed by atoms with E-state index in [2.05, 4.69) is 37.1 Å². The molecule has 1 fully saturated rings. The van der Waals surface area contributed by atoms with Crippen molar-refractivity contribution in [1.29, 1.82) is 5.26 Å². The summed E-state index contributed by atoms with van der Waals surface area (Å²) in [4.78, 5) is 2.49. The molecule has 1 atom stereocenters. The smallest absolute Gasteiger partial charge is 0.0638 e. The minimum absolute atomic E-state index is 0.389. The third-order valence-electron chi connectivity index (χ3n) is 3.54. The summed E-state index contributed by atoms with van der Waals surface area (Å²) in [7, 11) is 0. The van der Waals surface area contributed by atoms with Crippen LogP contribution >= 0.6 is 0 Å². The number of nitriles is 1. The van der Waals surface area contributed by atoms with Crippen molar-refractivity contribution < 1.29 is 0 Å². The van der Waals surface area contributed by atoms with Gasteiger partial charge in [0.05, 0.1) is 12.5 Å². The van der Waals surface area contributed by atoms with Crippen LogP contribution in [0.25, 0.3) is 0 Å². The van der Waals surface area contributed by atoms with Gasteiger partial charge < -0.3 is 5.32 Å². The second kappa shape index (κ2) is 6.88. The van der Waals surface area contributed by atoms with Crippen molar-refractivity contribution in [2.75, 3.05) is 19.6 Å². The Morgan fingerprint density at radius 3 is 2.44 bits per heavy atom. The van der Waals surface area contributed by atoms with Crippen LogP contribution in [-0.2, 0) is 0 Å². The van der Waals surface area contributed by atoms with Gasteiger partial charge in [-0.25, -0.2) is 0 Å². The molecular formula is C13H25N3. The predicted octanol–water partition coefficient (Wildman–Crippen LogP) is 2.00. The summed E-state index contributed by atoms with van der Waals surface area (Å²) in [5.41, 5.74) is 0. The van der Waals surface area contributed by atoms with E-state index in [0.717, 1.165) is 25.6 Å². The van der Waals surface area contributed by atoms with Crippen molar-refractivity contribution in [2.45, 2.75) is 52.1 Å². The molecule has 0 aromatic heterocycles. The van der Waals surface area contributed by atoms with Gasteiger partial charge in [-0.15, -0.1) is 0 Å². The Morgan fingerprint density at radius 2 is 1.94 bits per heavy atom. The Bertz CT molecular complexity index is 226. The molecule has 3 nitrogen and oxygen atoms in total. The molecule has 0 radical (unpaired) electrons. The highest BCUT2D eigenvalue weighted by atomic mass is 15.2. The van der Waals surface area contributed by atoms with Gasteiger partial charge in [0, 0.05) is 18.6 Å². The lowest BCUT2D eigenvalue weighted by Crippen LogP contribution is -2.44. The molecule has 0 spiro atoms. The summed E-state index contributed by atoms with van der Waals surface area (Å²) < 4.78 is 0. The van der Waals surface area contributed by atoms with Gasteiger partial charge in [0.2, 0.25) is 0 Å². The lowest BCUT2D eigenvalue weighted by atomic mass is 9.96. The third-order valence-corrected chi connectivity index (χ3v) is 3.54. The molecule has 0 aromatic carbocycles. The number of nitrogens with one attached hydrogen (secondary N) is 1. The quantitative estimate of drug-likeness (QED) is 0.775. The first kappa shape index (κ1) is 13.5. The Morgan fingerprint density at radius 1 is 1.31 bits per heavy atom. The van der Waals surface area contributed by atoms with E-state index >= 15 is 0 Å². The van der Waals surface area contributed by atoms with Gasteiger partial charge in [-0.1, -0.05) is 0 Å². The minimum atomic E-state index is 0.389. The van der Waals surface area contributed by atoms with E-state index in [9.17, 15) is 0 Å². The van der Waals surface area contributed by atoms with E-state index in [1.807, 2.05) is 0 Å². The zero-order valence-corrected chi connectivity index (χ0v) is 10.9. The maximum Gasteiger partial charge on any atom is 0.0638 e. The monoisotopic (exact) mass is 223 g/mol. The first-order chi connectivity index (χ1) is 7.65. The van der Waals surface area contributed by atoms with Crippen molar-refractivity contribution in [2.24, 2.45) is 5.92 Å². The summed E-state index contributed by atoms with van der Waals surface area (Å²) in [5, 5.41) is 12.2. The Kier molecular flexibility index (Phi) is 5.79. The van der Waals surface area contributed by atoms with Crippen LogP contribution in [0.1, 0.15) is 40.0 Å². The standard InChI is InChI=1S/C13H25N3/c1-11(2)16(12(3)4-7-14)10-13-5-8-15-9-6-13/h11-13,15H,4-6,8-10H2,1-3H3. The largest absolute Gasteiger partial charge is 0.317 e. The van der Waals surface area contributed by atoms with Crippen LogP contribution in [0.3, 0.4) is 0 Å². The molecule has 0 saturated carbocycles. The zero-order chi connectivity index (χ0) is 12.0. The predicted molar refractivity (Wildman–Crippen MR) is 67.1 cm³/mol. The van der Waals surface area contributed by atoms with Crippen LogP contribution in [0, 0.1) is 17.2 Å². The highest BCUT2D eigenvalue weighted by Gasteiger charge is 2.22. The van der Waals surface area contributed by atoms with Crippen LogP contribution in [0.5, 0.6) is 0 Å². The average Bonchev–Trinajstić information content (AvgIpc) is 2.27. The second-order valence-corrected chi connectivity index (χ2v) is 5.20. The topological polar surface area (TPSA) is 39.1 Å². The van der Waals surface area contributed by atoms with Gasteiger partial charge >= 0.3 is 0 Å². The lowest BCUT2D eigenvalue weighted by Gasteiger charge is -2.36. The maximum absolute atomic E-state index is 8.79. The molecule has 1 N–H and O–H groups in total. The number of nitrogens with zero attached hydrogens (tertiary/aromatic N) is 2. The van der Waals surface area contributed by atoms with E-state index in [1.165, 1.54) is 12.8 Å². The number of hydrogen-bond acceptors (Lipinski definition) is 3. The van der Waals surface area contributed by atoms with Crippen LogP contribution < -0.4 is 5.32 Å². The third kappa shape index (κ3) is 4.11. The van der Waals surface area contributed by atoms with Crippen molar-refractivity contribution in [3.63, 3.8) is 0 Å². The Balaban J connectivity index is 2.46. The zero-order valence-electron chi connectivity index (χ0n) is 10.9. The molecule has 92 valence electrons. The van der Waals surface area contributed by atoms with Crippen LogP contribution in [0.2, 0.25) is 0 Å². The number of hydrogen-bond donors (Lipinski definition) is 1. The summed E-state index contributed by atoms with van der Waals surface area (Å²) in [6.07, 6.45) is 3.20. The van der Waals surface area contributed by atoms with Gasteiger partial charge in [-0.3, -0.25) is 4.90 Å². The van der Waals surface area contributed by atoms with Crippen LogP contribution in [0.4, 0.5) is 0 Å². The summed E-state index contributed by atoms with van der Waals surface area (Å²) >= 11 is 0. The summed E-state index contributed by atoms with van der Waals surface area (Å²) in [5.74, 6) is 0.810. The fourth-order valence-corrected chi connectivity index (χ4v) is 2.51. The first-order valence-corrected chi connectivity index (χ1v) is 6.48. The summed E-state index contributed by atoms with van der Waals surface area (Å²) in [6.45, 7) is 10.1. The van der Waals surface area contributed by atoms with Gasteiger partial charge in [0.25, 0.3) is 0 Å². The Hall–Kier alpha value is -0.590. The molecule has 1 rings (SSSR count). The molecule has 0 aliphatic carbocycles. The van der Waals surface area contributed by atoms with E-state index in [4.69, 9.17) is 5.26 Å². The molecule has 1 aliphatic rings. The van der Waals surface area contributed by atoms with Gasteiger partial charge in [0.15, 0.2) is 0 Å². The lowest BCUT2D eigenvalue weighted by molar-refractivity contribution is 0.126. The average molecular weight is 223 g/mol. The Labute approximate surface area is 99.8 Å². The van der Waals surface area contributed by atoms with Crippen molar-refractivity contribution in [1.82, 2.24) is 10.2 Å². The second-order valence-electron chi connectivity index (χ2n) is 5.20. The van der Waals surface area contributed by atoms with E-state index in [-0.39, 0.29) is 0 Å². The summed E-state index contributed by atoms with van der Waals surface area (Å²) in [6, 6.07) is 3.21. The van der Waals surface area contributed by atoms with Crippen molar-refractivity contribution >= 4 is 0 Å². The van der Waals surface area contributed by atoms with Crippen LogP contribution in [0.15, 0.2) is 0 Å². The van der Waals surface area contributed by atoms with Gasteiger partial charge in [-0.2, -0.15) is 5.26 Å². The first-order valence-electron chi connectivity index (χ1n) is 6.48. The normalized spacial score (nSPS) is 20.0. The fourth-order valence-electron chi connectivity index (χ4n) is 2.51. The maximum atomic E-state index is 8.79. The van der Waals surface area contributed by atoms with Crippen molar-refractivity contribution in [3.8, 4) is 6.07 Å². The molecule has 1 unspecified atom stereocenters. The highest BCUT2D eigenvalue weighted by molar-refractivity contribution is 4.83.